The van der Waals surface area contributed by atoms with E-state index < -0.39 is 149 Å². The summed E-state index contributed by atoms with van der Waals surface area (Å²) in [6, 6.07) is -0.200. The Balaban J connectivity index is 1.60. The summed E-state index contributed by atoms with van der Waals surface area (Å²) in [4.78, 5) is 51.5. The molecule has 5 fully saturated rings. The maximum atomic E-state index is 15.4. The second kappa shape index (κ2) is 28.0. The van der Waals surface area contributed by atoms with Crippen molar-refractivity contribution in [1.82, 2.24) is 9.62 Å². The lowest BCUT2D eigenvalue weighted by Gasteiger charge is -2.45. The Morgan fingerprint density at radius 2 is 1.48 bits per heavy atom. The first-order valence-corrected chi connectivity index (χ1v) is 29.6. The van der Waals surface area contributed by atoms with E-state index >= 15 is 4.79 Å². The molecular weight excluding hydrogens is 1030 g/mol. The predicted octanol–water partition coefficient (Wildman–Crippen LogP) is 3.72. The van der Waals surface area contributed by atoms with E-state index in [-0.39, 0.29) is 61.7 Å². The standard InChI is InChI=1S/C54H95N3O19S/c1-26(2)18-40(58)73-46-33(9)45(28(4)25-69-53-49(67-15)48(66-14)42(59)36(12)72-53)75-51(62)35(11)47(74-41-19-29(5)57(24-31(7)70-41)38-21-37(22-38)56-77(17,64)65)32(8)44(27(3)23-54(13,63)50(61)34(46)10)76-52-43(60)39(55-68-16)20-30(6)71-52/h26-38,41-49,52-53,56,59-60,63H,18-25H2,1-17H3/b55-39+/t27-,28-,29?,30+,31-,32+,33-,34+,35+,36+,37-,38-,41-,42+,43+,44-,45+,46+,47-,48+,49+,52-,53+,54-/m0/s1. The highest BCUT2D eigenvalue weighted by Gasteiger charge is 2.52. The van der Waals surface area contributed by atoms with Crippen LogP contribution >= 0.6 is 0 Å². The molecule has 22 atom stereocenters. The molecule has 1 aliphatic carbocycles. The Morgan fingerprint density at radius 3 is 2.08 bits per heavy atom. The van der Waals surface area contributed by atoms with Crippen molar-refractivity contribution in [3.63, 3.8) is 0 Å². The van der Waals surface area contributed by atoms with Crippen molar-refractivity contribution in [1.29, 1.82) is 0 Å². The van der Waals surface area contributed by atoms with Crippen molar-refractivity contribution in [2.75, 3.05) is 40.7 Å². The van der Waals surface area contributed by atoms with Crippen LogP contribution in [0.3, 0.4) is 0 Å². The number of aliphatic hydroxyl groups is 3. The second-order valence-electron chi connectivity index (χ2n) is 23.8. The molecule has 4 N–H and O–H groups in total. The Morgan fingerprint density at radius 1 is 0.831 bits per heavy atom. The van der Waals surface area contributed by atoms with Crippen molar-refractivity contribution in [2.45, 2.75) is 238 Å². The number of cyclic esters (lactones) is 1. The fraction of sp³-hybridized carbons (Fsp3) is 0.926. The molecule has 0 spiro atoms. The molecule has 0 amide bonds. The molecule has 23 heteroatoms. The van der Waals surface area contributed by atoms with Crippen LogP contribution < -0.4 is 4.72 Å². The number of esters is 2. The minimum absolute atomic E-state index is 0.0278. The number of hydrogen-bond acceptors (Lipinski definition) is 21. The number of sulfonamides is 1. The number of carbonyl (C=O) groups is 3. The van der Waals surface area contributed by atoms with Crippen LogP contribution in [0.25, 0.3) is 0 Å². The van der Waals surface area contributed by atoms with E-state index in [4.69, 9.17) is 52.2 Å². The topological polar surface area (TPSA) is 275 Å². The molecular formula is C54H95N3O19S. The van der Waals surface area contributed by atoms with Crippen molar-refractivity contribution in [2.24, 2.45) is 46.6 Å². The molecule has 0 aromatic heterocycles. The van der Waals surface area contributed by atoms with Crippen LogP contribution in [0.4, 0.5) is 0 Å². The van der Waals surface area contributed by atoms with Gasteiger partial charge in [-0.3, -0.25) is 19.3 Å². The normalized spacial score (nSPS) is 43.4. The van der Waals surface area contributed by atoms with Crippen molar-refractivity contribution in [3.05, 3.63) is 0 Å². The molecule has 1 saturated carbocycles. The number of rotatable bonds is 17. The third kappa shape index (κ3) is 16.8. The average Bonchev–Trinajstić information content (AvgIpc) is 3.46. The fourth-order valence-electron chi connectivity index (χ4n) is 12.3. The minimum atomic E-state index is -3.38. The highest BCUT2D eigenvalue weighted by molar-refractivity contribution is 7.88. The summed E-state index contributed by atoms with van der Waals surface area (Å²) in [5.74, 6) is -7.27. The van der Waals surface area contributed by atoms with E-state index in [0.717, 1.165) is 6.26 Å². The molecule has 4 aliphatic heterocycles. The van der Waals surface area contributed by atoms with Crippen LogP contribution in [0, 0.1) is 41.4 Å². The summed E-state index contributed by atoms with van der Waals surface area (Å²) in [7, 11) is 0.890. The number of hydrogen-bond donors (Lipinski definition) is 4. The lowest BCUT2D eigenvalue weighted by atomic mass is 9.74. The van der Waals surface area contributed by atoms with E-state index in [9.17, 15) is 33.3 Å². The predicted molar refractivity (Wildman–Crippen MR) is 281 cm³/mol. The lowest BCUT2D eigenvalue weighted by molar-refractivity contribution is -0.305. The summed E-state index contributed by atoms with van der Waals surface area (Å²) in [5.41, 5.74) is -1.77. The van der Waals surface area contributed by atoms with Gasteiger partial charge >= 0.3 is 11.9 Å². The van der Waals surface area contributed by atoms with Gasteiger partial charge in [0.25, 0.3) is 0 Å². The molecule has 5 aliphatic rings. The van der Waals surface area contributed by atoms with Gasteiger partial charge < -0.3 is 67.5 Å². The number of carbonyl (C=O) groups excluding carboxylic acids is 3. The quantitative estimate of drug-likeness (QED) is 0.119. The molecule has 0 bridgehead atoms. The molecule has 4 heterocycles. The van der Waals surface area contributed by atoms with Gasteiger partial charge in [0, 0.05) is 75.9 Å². The zero-order chi connectivity index (χ0) is 57.6. The second-order valence-corrected chi connectivity index (χ2v) is 25.6. The highest BCUT2D eigenvalue weighted by Crippen LogP contribution is 2.40. The van der Waals surface area contributed by atoms with Crippen LogP contribution in [0.15, 0.2) is 5.16 Å². The average molecular weight is 1120 g/mol. The van der Waals surface area contributed by atoms with Gasteiger partial charge in [-0.15, -0.1) is 0 Å². The van der Waals surface area contributed by atoms with Gasteiger partial charge in [-0.05, 0) is 72.6 Å². The summed E-state index contributed by atoms with van der Waals surface area (Å²) in [6.45, 7) is 23.5. The summed E-state index contributed by atoms with van der Waals surface area (Å²) in [6.07, 6.45) is -10.3. The number of methoxy groups -OCH3 is 2. The summed E-state index contributed by atoms with van der Waals surface area (Å²) < 4.78 is 90.4. The number of oxime groups is 1. The van der Waals surface area contributed by atoms with E-state index in [0.29, 0.717) is 25.8 Å². The third-order valence-electron chi connectivity index (χ3n) is 16.3. The smallest absolute Gasteiger partial charge is 0.311 e. The molecule has 0 radical (unpaired) electrons. The van der Waals surface area contributed by atoms with Gasteiger partial charge in [0.05, 0.1) is 60.9 Å². The molecule has 0 aromatic carbocycles. The first-order chi connectivity index (χ1) is 35.9. The van der Waals surface area contributed by atoms with E-state index in [2.05, 4.69) is 21.7 Å². The maximum absolute atomic E-state index is 15.4. The molecule has 0 aromatic rings. The van der Waals surface area contributed by atoms with Crippen LogP contribution in [0.5, 0.6) is 0 Å². The Bertz CT molecular complexity index is 2060. The number of ketones is 1. The zero-order valence-electron chi connectivity index (χ0n) is 48.7. The summed E-state index contributed by atoms with van der Waals surface area (Å²) >= 11 is 0. The minimum Gasteiger partial charge on any atom is -0.461 e. The van der Waals surface area contributed by atoms with Crippen LogP contribution in [0.1, 0.15) is 129 Å². The van der Waals surface area contributed by atoms with Gasteiger partial charge in [-0.2, -0.15) is 0 Å². The van der Waals surface area contributed by atoms with Gasteiger partial charge in [0.15, 0.2) is 24.7 Å². The lowest BCUT2D eigenvalue weighted by Crippen LogP contribution is -2.59. The fourth-order valence-corrected chi connectivity index (χ4v) is 13.1. The monoisotopic (exact) mass is 1120 g/mol. The largest absolute Gasteiger partial charge is 0.461 e. The van der Waals surface area contributed by atoms with Crippen molar-refractivity contribution < 1.29 is 90.3 Å². The Kier molecular flexibility index (Phi) is 23.7. The number of Topliss-reactive ketones (excluding diaryl/α,β-unsaturated/α-hetero) is 1. The first-order valence-electron chi connectivity index (χ1n) is 27.7. The van der Waals surface area contributed by atoms with Gasteiger partial charge in [-0.1, -0.05) is 53.6 Å². The van der Waals surface area contributed by atoms with E-state index in [1.54, 1.807) is 48.5 Å². The number of nitrogens with one attached hydrogen (secondary N) is 1. The molecule has 4 saturated heterocycles. The number of nitrogens with zero attached hydrogens (tertiary/aromatic N) is 2. The zero-order valence-corrected chi connectivity index (χ0v) is 49.5. The molecule has 1 unspecified atom stereocenters. The molecule has 446 valence electrons. The number of ether oxygens (including phenoxy) is 10. The van der Waals surface area contributed by atoms with E-state index in [1.165, 1.54) is 28.3 Å². The van der Waals surface area contributed by atoms with Crippen molar-refractivity contribution in [3.8, 4) is 0 Å². The maximum Gasteiger partial charge on any atom is 0.311 e. The van der Waals surface area contributed by atoms with Crippen LogP contribution in [0.2, 0.25) is 0 Å². The van der Waals surface area contributed by atoms with Crippen LogP contribution in [-0.4, -0.2) is 203 Å². The third-order valence-corrected chi connectivity index (χ3v) is 17.1. The Hall–Kier alpha value is -2.49. The molecule has 77 heavy (non-hydrogen) atoms. The Labute approximate surface area is 457 Å². The highest BCUT2D eigenvalue weighted by atomic mass is 32.2. The molecule has 5 rings (SSSR count). The van der Waals surface area contributed by atoms with Gasteiger partial charge in [-0.25, -0.2) is 13.1 Å². The van der Waals surface area contributed by atoms with Gasteiger partial charge in [0.2, 0.25) is 10.0 Å². The van der Waals surface area contributed by atoms with Gasteiger partial charge in [0.1, 0.15) is 49.3 Å². The number of aliphatic hydroxyl groups excluding tert-OH is 2. The van der Waals surface area contributed by atoms with Crippen LogP contribution in [-0.2, 0) is 76.6 Å². The van der Waals surface area contributed by atoms with E-state index in [1.807, 2.05) is 27.7 Å². The molecule has 22 nitrogen and oxygen atoms in total. The first kappa shape index (κ1) is 65.3. The SMILES string of the molecule is CO/N=C1\C[C@@H](C)O[C@@H](O[C@@H]2[C@@H](C)[C@H](O[C@H]3CC(C)N([C@H]4C[C@H](NS(C)(=O)=O)C4)C[C@H](C)O3)[C@@H](C)C(=O)O[C@H]([C@@H](C)CO[C@@H]3O[C@H](C)[C@@H](O)[C@@H](OC)[C@H]3OC)[C@H](C)[C@@H](OC(=O)CC(C)C)[C@@H](C)C(=O)[C@@](C)(O)C[C@@H]2C)[C@@H]1O. The van der Waals surface area contributed by atoms with Crippen molar-refractivity contribution >= 4 is 33.5 Å². The summed E-state index contributed by atoms with van der Waals surface area (Å²) in [5, 5.41) is 39.1.